The second-order valence-corrected chi connectivity index (χ2v) is 12.7. The van der Waals surface area contributed by atoms with E-state index in [-0.39, 0.29) is 57.7 Å². The number of piperazine rings is 1. The summed E-state index contributed by atoms with van der Waals surface area (Å²) in [5, 5.41) is 12.2. The Morgan fingerprint density at radius 3 is 2.62 bits per heavy atom. The van der Waals surface area contributed by atoms with Gasteiger partial charge in [-0.05, 0) is 55.7 Å². The summed E-state index contributed by atoms with van der Waals surface area (Å²) < 4.78 is 35.2. The fraction of sp³-hybridized carbons (Fsp3) is 0.314. The summed E-state index contributed by atoms with van der Waals surface area (Å²) in [6.45, 7) is 12.6. The normalized spacial score (nSPS) is 17.6. The first-order valence-electron chi connectivity index (χ1n) is 16.0. The quantitative estimate of drug-likeness (QED) is 0.271. The number of rotatable bonds is 3. The summed E-state index contributed by atoms with van der Waals surface area (Å²) in [6, 6.07) is 10.8. The van der Waals surface area contributed by atoms with Crippen LogP contribution >= 0.6 is 0 Å². The van der Waals surface area contributed by atoms with Crippen molar-refractivity contribution in [2.24, 2.45) is 0 Å². The first-order valence-corrected chi connectivity index (χ1v) is 16.0. The lowest BCUT2D eigenvalue weighted by Crippen LogP contribution is -2.58. The molecule has 0 unspecified atom stereocenters. The Morgan fingerprint density at radius 1 is 1.06 bits per heavy atom. The molecule has 0 radical (unpaired) electrons. The van der Waals surface area contributed by atoms with Gasteiger partial charge < -0.3 is 15.1 Å². The van der Waals surface area contributed by atoms with Crippen LogP contribution in [-0.4, -0.2) is 72.1 Å². The highest BCUT2D eigenvalue weighted by atomic mass is 19.1. The molecule has 2 aromatic carbocycles. The maximum Gasteiger partial charge on any atom is 0.355 e. The van der Waals surface area contributed by atoms with Crippen molar-refractivity contribution in [1.29, 1.82) is 0 Å². The highest BCUT2D eigenvalue weighted by Gasteiger charge is 2.34. The average molecular weight is 652 g/mol. The average Bonchev–Trinajstić information content (AvgIpc) is 3.53. The molecule has 2 aliphatic heterocycles. The fourth-order valence-electron chi connectivity index (χ4n) is 6.76. The third-order valence-electron chi connectivity index (χ3n) is 9.14. The molecule has 0 saturated carbocycles. The number of benzene rings is 2. The van der Waals surface area contributed by atoms with Gasteiger partial charge in [0.25, 0.3) is 0 Å². The molecule has 13 heteroatoms. The van der Waals surface area contributed by atoms with Crippen LogP contribution in [0.25, 0.3) is 33.7 Å². The van der Waals surface area contributed by atoms with Crippen LogP contribution in [0.3, 0.4) is 0 Å². The molecule has 0 aliphatic carbocycles. The van der Waals surface area contributed by atoms with Crippen molar-refractivity contribution in [1.82, 2.24) is 34.4 Å². The summed E-state index contributed by atoms with van der Waals surface area (Å²) >= 11 is 0. The van der Waals surface area contributed by atoms with Crippen molar-refractivity contribution >= 4 is 28.4 Å². The van der Waals surface area contributed by atoms with E-state index in [1.54, 1.807) is 17.2 Å². The Bertz CT molecular complexity index is 2160. The maximum atomic E-state index is 16.5. The van der Waals surface area contributed by atoms with Crippen molar-refractivity contribution in [3.05, 3.63) is 94.7 Å². The molecule has 246 valence electrons. The SMILES string of the molecule is C=CC(=O)N1C[C@H](C)N(c2nc(=O)n3c4nc(c(F)cc24)-c2c(F)cccc2-n2cc(nn2)CCNc2cccc(C(C)C)c2-3)C[C@H]1C. The number of carbonyl (C=O) groups is 1. The van der Waals surface area contributed by atoms with Crippen molar-refractivity contribution in [2.75, 3.05) is 29.9 Å². The molecular formula is C35H35F2N9O2. The van der Waals surface area contributed by atoms with Crippen LogP contribution in [-0.2, 0) is 11.2 Å². The molecule has 5 heterocycles. The molecule has 4 bridgehead atoms. The highest BCUT2D eigenvalue weighted by Crippen LogP contribution is 2.37. The second-order valence-electron chi connectivity index (χ2n) is 12.7. The van der Waals surface area contributed by atoms with E-state index in [0.29, 0.717) is 43.1 Å². The third kappa shape index (κ3) is 5.09. The highest BCUT2D eigenvalue weighted by molar-refractivity contribution is 5.92. The van der Waals surface area contributed by atoms with Crippen LogP contribution in [0.4, 0.5) is 20.3 Å². The van der Waals surface area contributed by atoms with Crippen LogP contribution in [0.15, 0.2) is 66.1 Å². The zero-order valence-electron chi connectivity index (χ0n) is 27.1. The number of halogens is 2. The number of pyridine rings is 1. The molecule has 0 spiro atoms. The van der Waals surface area contributed by atoms with Crippen molar-refractivity contribution < 1.29 is 13.6 Å². The zero-order valence-corrected chi connectivity index (χ0v) is 27.1. The topological polar surface area (TPSA) is 114 Å². The molecule has 2 aliphatic rings. The Hall–Kier alpha value is -5.46. The number of nitrogens with zero attached hydrogens (tertiary/aromatic N) is 8. The molecule has 5 aromatic rings. The molecule has 2 atom stereocenters. The predicted molar refractivity (Wildman–Crippen MR) is 180 cm³/mol. The second kappa shape index (κ2) is 12.0. The smallest absolute Gasteiger partial charge is 0.355 e. The summed E-state index contributed by atoms with van der Waals surface area (Å²) in [4.78, 5) is 40.0. The van der Waals surface area contributed by atoms with Gasteiger partial charge in [-0.15, -0.1) is 5.10 Å². The predicted octanol–water partition coefficient (Wildman–Crippen LogP) is 5.01. The number of anilines is 2. The van der Waals surface area contributed by atoms with Crippen LogP contribution < -0.4 is 15.9 Å². The zero-order chi connectivity index (χ0) is 33.9. The minimum Gasteiger partial charge on any atom is -0.383 e. The van der Waals surface area contributed by atoms with Crippen molar-refractivity contribution in [2.45, 2.75) is 52.1 Å². The van der Waals surface area contributed by atoms with E-state index in [4.69, 9.17) is 4.98 Å². The minimum absolute atomic E-state index is 0.0170. The molecule has 1 fully saturated rings. The van der Waals surface area contributed by atoms with Gasteiger partial charge in [0, 0.05) is 38.1 Å². The van der Waals surface area contributed by atoms with Crippen LogP contribution in [0, 0.1) is 11.6 Å². The molecular weight excluding hydrogens is 616 g/mol. The number of carbonyl (C=O) groups excluding carboxylic acids is 1. The lowest BCUT2D eigenvalue weighted by Gasteiger charge is -2.44. The third-order valence-corrected chi connectivity index (χ3v) is 9.14. The van der Waals surface area contributed by atoms with E-state index >= 15 is 8.78 Å². The summed E-state index contributed by atoms with van der Waals surface area (Å²) in [5.41, 5.74) is 2.02. The maximum absolute atomic E-state index is 16.5. The van der Waals surface area contributed by atoms with Crippen LogP contribution in [0.1, 0.15) is 44.9 Å². The Balaban J connectivity index is 1.57. The van der Waals surface area contributed by atoms with Gasteiger partial charge in [0.1, 0.15) is 17.3 Å². The van der Waals surface area contributed by atoms with E-state index < -0.39 is 17.3 Å². The Morgan fingerprint density at radius 2 is 1.85 bits per heavy atom. The van der Waals surface area contributed by atoms with Gasteiger partial charge in [-0.1, -0.05) is 43.8 Å². The fourth-order valence-corrected chi connectivity index (χ4v) is 6.76. The summed E-state index contributed by atoms with van der Waals surface area (Å²) in [7, 11) is 0. The summed E-state index contributed by atoms with van der Waals surface area (Å²) in [6.07, 6.45) is 3.45. The van der Waals surface area contributed by atoms with Crippen LogP contribution in [0.5, 0.6) is 0 Å². The molecule has 11 nitrogen and oxygen atoms in total. The van der Waals surface area contributed by atoms with Gasteiger partial charge in [0.15, 0.2) is 11.5 Å². The molecule has 1 N–H and O–H groups in total. The number of hydrogen-bond donors (Lipinski definition) is 1. The number of nitrogens with one attached hydrogen (secondary N) is 1. The van der Waals surface area contributed by atoms with Crippen molar-refractivity contribution in [3.63, 3.8) is 0 Å². The largest absolute Gasteiger partial charge is 0.383 e. The Kier molecular flexibility index (Phi) is 7.77. The standard InChI is InChI=1S/C35H35F2N9O2/c1-6-29(47)43-16-21(5)44(17-20(43)4)33-24-15-26(37)31-30-25(36)10-8-12-28(30)45-18-22(41-42-45)13-14-38-27-11-7-9-23(19(2)3)32(27)46(34(24)39-31)35(48)40-33/h6-12,15,18-21,38H,1,13-14,16-17H2,2-5H3/t20-,21+/m1/s1. The first-order chi connectivity index (χ1) is 23.1. The summed E-state index contributed by atoms with van der Waals surface area (Å²) in [5.74, 6) is -1.48. The lowest BCUT2D eigenvalue weighted by atomic mass is 9.99. The minimum atomic E-state index is -0.800. The molecule has 3 aromatic heterocycles. The number of aromatic nitrogens is 6. The van der Waals surface area contributed by atoms with Gasteiger partial charge in [-0.3, -0.25) is 4.79 Å². The number of para-hydroxylation sites is 1. The number of hydrogen-bond acceptors (Lipinski definition) is 8. The molecule has 1 saturated heterocycles. The number of fused-ring (bicyclic) bond motifs is 8. The molecule has 48 heavy (non-hydrogen) atoms. The van der Waals surface area contributed by atoms with E-state index in [1.165, 1.54) is 33.5 Å². The first kappa shape index (κ1) is 31.2. The van der Waals surface area contributed by atoms with E-state index in [0.717, 1.165) is 5.56 Å². The van der Waals surface area contributed by atoms with Crippen molar-refractivity contribution in [3.8, 4) is 22.6 Å². The monoisotopic (exact) mass is 651 g/mol. The van der Waals surface area contributed by atoms with Gasteiger partial charge in [0.05, 0.1) is 39.9 Å². The van der Waals surface area contributed by atoms with E-state index in [2.05, 4.69) is 27.2 Å². The Labute approximate surface area is 275 Å². The lowest BCUT2D eigenvalue weighted by molar-refractivity contribution is -0.128. The van der Waals surface area contributed by atoms with Crippen LogP contribution in [0.2, 0.25) is 0 Å². The van der Waals surface area contributed by atoms with Gasteiger partial charge in [-0.2, -0.15) is 4.98 Å². The van der Waals surface area contributed by atoms with E-state index in [9.17, 15) is 9.59 Å². The number of amides is 1. The molecule has 7 rings (SSSR count). The van der Waals surface area contributed by atoms with E-state index in [1.807, 2.05) is 50.8 Å². The van der Waals surface area contributed by atoms with Gasteiger partial charge in [0.2, 0.25) is 5.91 Å². The molecule has 1 amide bonds. The van der Waals surface area contributed by atoms with Gasteiger partial charge in [-0.25, -0.2) is 27.8 Å². The van der Waals surface area contributed by atoms with Gasteiger partial charge >= 0.3 is 5.69 Å².